The summed E-state index contributed by atoms with van der Waals surface area (Å²) in [5.74, 6) is 0. The quantitative estimate of drug-likeness (QED) is 0.671. The number of morpholine rings is 1. The average molecular weight is 172 g/mol. The molecular weight excluding hydrogens is 152 g/mol. The minimum absolute atomic E-state index is 0.499. The number of rotatable bonds is 3. The van der Waals surface area contributed by atoms with Crippen LogP contribution >= 0.6 is 0 Å². The molecule has 1 saturated heterocycles. The number of nitrogens with two attached hydrogens (primary N) is 1. The lowest BCUT2D eigenvalue weighted by Gasteiger charge is -2.38. The van der Waals surface area contributed by atoms with E-state index < -0.39 is 0 Å². The maximum Gasteiger partial charge on any atom is 0.0622 e. The largest absolute Gasteiger partial charge is 0.378 e. The molecule has 1 aliphatic rings. The van der Waals surface area contributed by atoms with Crippen LogP contribution in [0.2, 0.25) is 0 Å². The van der Waals surface area contributed by atoms with Crippen LogP contribution in [-0.4, -0.2) is 43.3 Å². The van der Waals surface area contributed by atoms with Crippen LogP contribution in [0.5, 0.6) is 0 Å². The van der Waals surface area contributed by atoms with Gasteiger partial charge in [0.2, 0.25) is 0 Å². The Morgan fingerprint density at radius 3 is 3.00 bits per heavy atom. The predicted octanol–water partition coefficient (Wildman–Crippen LogP) is 0.444. The lowest BCUT2D eigenvalue weighted by Crippen LogP contribution is -2.51. The highest BCUT2D eigenvalue weighted by Gasteiger charge is 2.24. The number of ether oxygens (including phenoxy) is 1. The first-order chi connectivity index (χ1) is 5.79. The van der Waals surface area contributed by atoms with Crippen molar-refractivity contribution in [1.29, 1.82) is 0 Å². The van der Waals surface area contributed by atoms with E-state index in [1.54, 1.807) is 0 Å². The third-order valence-electron chi connectivity index (χ3n) is 2.65. The van der Waals surface area contributed by atoms with Gasteiger partial charge in [-0.05, 0) is 13.3 Å². The Labute approximate surface area is 74.9 Å². The molecule has 2 unspecified atom stereocenters. The van der Waals surface area contributed by atoms with Gasteiger partial charge in [0.15, 0.2) is 0 Å². The Kier molecular flexibility index (Phi) is 3.98. The van der Waals surface area contributed by atoms with E-state index in [4.69, 9.17) is 10.5 Å². The van der Waals surface area contributed by atoms with E-state index in [1.807, 2.05) is 0 Å². The second kappa shape index (κ2) is 4.80. The molecule has 0 aromatic heterocycles. The van der Waals surface area contributed by atoms with Crippen LogP contribution in [0.4, 0.5) is 0 Å². The van der Waals surface area contributed by atoms with Crippen LogP contribution in [0.1, 0.15) is 20.3 Å². The summed E-state index contributed by atoms with van der Waals surface area (Å²) < 4.78 is 5.42. The van der Waals surface area contributed by atoms with Crippen molar-refractivity contribution in [1.82, 2.24) is 4.90 Å². The number of nitrogens with zero attached hydrogens (tertiary/aromatic N) is 1. The van der Waals surface area contributed by atoms with Crippen LogP contribution in [0.25, 0.3) is 0 Å². The molecule has 0 bridgehead atoms. The van der Waals surface area contributed by atoms with Gasteiger partial charge in [0.1, 0.15) is 0 Å². The summed E-state index contributed by atoms with van der Waals surface area (Å²) >= 11 is 0. The van der Waals surface area contributed by atoms with Crippen molar-refractivity contribution in [3.63, 3.8) is 0 Å². The van der Waals surface area contributed by atoms with Gasteiger partial charge in [-0.25, -0.2) is 0 Å². The van der Waals surface area contributed by atoms with Crippen molar-refractivity contribution in [2.75, 3.05) is 26.3 Å². The van der Waals surface area contributed by atoms with Crippen LogP contribution in [-0.2, 0) is 4.74 Å². The highest BCUT2D eigenvalue weighted by atomic mass is 16.5. The molecule has 0 aliphatic carbocycles. The Morgan fingerprint density at radius 1 is 1.67 bits per heavy atom. The van der Waals surface area contributed by atoms with Crippen molar-refractivity contribution in [2.24, 2.45) is 5.73 Å². The summed E-state index contributed by atoms with van der Waals surface area (Å²) in [6, 6.07) is 1.08. The van der Waals surface area contributed by atoms with Crippen LogP contribution < -0.4 is 5.73 Å². The summed E-state index contributed by atoms with van der Waals surface area (Å²) in [5, 5.41) is 0. The molecule has 1 rings (SSSR count). The Morgan fingerprint density at radius 2 is 2.42 bits per heavy atom. The van der Waals surface area contributed by atoms with Crippen molar-refractivity contribution in [3.05, 3.63) is 0 Å². The zero-order chi connectivity index (χ0) is 8.97. The SMILES string of the molecule is CCC1COCCN1C(C)CN. The predicted molar refractivity (Wildman–Crippen MR) is 50.1 cm³/mol. The summed E-state index contributed by atoms with van der Waals surface area (Å²) in [6.45, 7) is 7.92. The first-order valence-electron chi connectivity index (χ1n) is 4.83. The maximum atomic E-state index is 5.64. The van der Waals surface area contributed by atoms with Gasteiger partial charge in [0.05, 0.1) is 13.2 Å². The van der Waals surface area contributed by atoms with E-state index in [1.165, 1.54) is 0 Å². The molecule has 0 saturated carbocycles. The fraction of sp³-hybridized carbons (Fsp3) is 1.00. The normalized spacial score (nSPS) is 28.8. The van der Waals surface area contributed by atoms with Crippen molar-refractivity contribution in [3.8, 4) is 0 Å². The highest BCUT2D eigenvalue weighted by Crippen LogP contribution is 2.12. The monoisotopic (exact) mass is 172 g/mol. The molecule has 3 nitrogen and oxygen atoms in total. The Bertz CT molecular complexity index is 130. The Balaban J connectivity index is 2.46. The molecule has 72 valence electrons. The molecule has 12 heavy (non-hydrogen) atoms. The van der Waals surface area contributed by atoms with Gasteiger partial charge in [0.25, 0.3) is 0 Å². The van der Waals surface area contributed by atoms with Crippen molar-refractivity contribution < 1.29 is 4.74 Å². The first-order valence-corrected chi connectivity index (χ1v) is 4.83. The third-order valence-corrected chi connectivity index (χ3v) is 2.65. The number of hydrogen-bond acceptors (Lipinski definition) is 3. The van der Waals surface area contributed by atoms with Gasteiger partial charge in [-0.2, -0.15) is 0 Å². The standard InChI is InChI=1S/C9H20N2O/c1-3-9-7-12-5-4-11(9)8(2)6-10/h8-9H,3-7,10H2,1-2H3. The molecule has 1 aliphatic heterocycles. The molecule has 3 heteroatoms. The van der Waals surface area contributed by atoms with Crippen molar-refractivity contribution >= 4 is 0 Å². The smallest absolute Gasteiger partial charge is 0.0622 e. The molecule has 2 N–H and O–H groups in total. The van der Waals surface area contributed by atoms with Crippen LogP contribution in [0.15, 0.2) is 0 Å². The molecule has 0 aromatic carbocycles. The summed E-state index contributed by atoms with van der Waals surface area (Å²) in [7, 11) is 0. The molecular formula is C9H20N2O. The highest BCUT2D eigenvalue weighted by molar-refractivity contribution is 4.78. The van der Waals surface area contributed by atoms with Gasteiger partial charge in [-0.1, -0.05) is 6.92 Å². The summed E-state index contributed by atoms with van der Waals surface area (Å²) in [4.78, 5) is 2.46. The second-order valence-electron chi connectivity index (χ2n) is 3.46. The minimum atomic E-state index is 0.499. The fourth-order valence-corrected chi connectivity index (χ4v) is 1.74. The maximum absolute atomic E-state index is 5.64. The van der Waals surface area contributed by atoms with E-state index in [2.05, 4.69) is 18.7 Å². The molecule has 0 aromatic rings. The lowest BCUT2D eigenvalue weighted by molar-refractivity contribution is -0.0248. The van der Waals surface area contributed by atoms with E-state index in [9.17, 15) is 0 Å². The van der Waals surface area contributed by atoms with Gasteiger partial charge in [-0.15, -0.1) is 0 Å². The van der Waals surface area contributed by atoms with Gasteiger partial charge < -0.3 is 10.5 Å². The van der Waals surface area contributed by atoms with Crippen LogP contribution in [0.3, 0.4) is 0 Å². The lowest BCUT2D eigenvalue weighted by atomic mass is 10.1. The average Bonchev–Trinajstić information content (AvgIpc) is 2.16. The Hall–Kier alpha value is -0.120. The zero-order valence-corrected chi connectivity index (χ0v) is 8.12. The molecule has 2 atom stereocenters. The molecule has 1 heterocycles. The van der Waals surface area contributed by atoms with E-state index in [0.717, 1.165) is 32.7 Å². The topological polar surface area (TPSA) is 38.5 Å². The number of hydrogen-bond donors (Lipinski definition) is 1. The molecule has 0 radical (unpaired) electrons. The van der Waals surface area contributed by atoms with Gasteiger partial charge >= 0.3 is 0 Å². The minimum Gasteiger partial charge on any atom is -0.378 e. The second-order valence-corrected chi connectivity index (χ2v) is 3.46. The van der Waals surface area contributed by atoms with Crippen molar-refractivity contribution in [2.45, 2.75) is 32.4 Å². The van der Waals surface area contributed by atoms with E-state index in [-0.39, 0.29) is 0 Å². The van der Waals surface area contributed by atoms with E-state index >= 15 is 0 Å². The zero-order valence-electron chi connectivity index (χ0n) is 8.12. The summed E-state index contributed by atoms with van der Waals surface area (Å²) in [5.41, 5.74) is 5.64. The van der Waals surface area contributed by atoms with Gasteiger partial charge in [0, 0.05) is 25.2 Å². The molecule has 0 spiro atoms. The fourth-order valence-electron chi connectivity index (χ4n) is 1.74. The van der Waals surface area contributed by atoms with Gasteiger partial charge in [-0.3, -0.25) is 4.90 Å². The van der Waals surface area contributed by atoms with E-state index in [0.29, 0.717) is 12.1 Å². The summed E-state index contributed by atoms with van der Waals surface area (Å²) in [6.07, 6.45) is 1.16. The molecule has 1 fully saturated rings. The molecule has 0 amide bonds. The first kappa shape index (κ1) is 9.96. The third kappa shape index (κ3) is 2.19. The van der Waals surface area contributed by atoms with Crippen LogP contribution in [0, 0.1) is 0 Å².